The summed E-state index contributed by atoms with van der Waals surface area (Å²) in [7, 11) is 0. The summed E-state index contributed by atoms with van der Waals surface area (Å²) >= 11 is 3.42. The molecule has 22 heavy (non-hydrogen) atoms. The molecule has 2 heterocycles. The Morgan fingerprint density at radius 2 is 2.09 bits per heavy atom. The van der Waals surface area contributed by atoms with Crippen LogP contribution in [0.4, 0.5) is 5.69 Å². The number of hydrogen-bond acceptors (Lipinski definition) is 3. The van der Waals surface area contributed by atoms with Crippen molar-refractivity contribution in [2.75, 3.05) is 24.5 Å². The van der Waals surface area contributed by atoms with E-state index < -0.39 is 5.92 Å². The molecule has 3 rings (SSSR count). The Hall–Kier alpha value is -1.40. The predicted molar refractivity (Wildman–Crippen MR) is 88.4 cm³/mol. The van der Waals surface area contributed by atoms with Crippen molar-refractivity contribution in [2.45, 2.75) is 25.3 Å². The van der Waals surface area contributed by atoms with Gasteiger partial charge in [0.1, 0.15) is 5.92 Å². The Labute approximate surface area is 138 Å². The minimum atomic E-state index is -0.552. The molecule has 2 aliphatic rings. The molecule has 2 fully saturated rings. The Kier molecular flexibility index (Phi) is 4.49. The van der Waals surface area contributed by atoms with Gasteiger partial charge in [0, 0.05) is 35.8 Å². The first kappa shape index (κ1) is 15.5. The number of amides is 2. The van der Waals surface area contributed by atoms with Crippen LogP contribution in [-0.2, 0) is 9.59 Å². The van der Waals surface area contributed by atoms with Crippen molar-refractivity contribution in [3.05, 3.63) is 28.7 Å². The Balaban J connectivity index is 1.72. The average Bonchev–Trinajstić information content (AvgIpc) is 2.88. The fourth-order valence-corrected chi connectivity index (χ4v) is 3.63. The normalized spacial score (nSPS) is 25.6. The zero-order valence-electron chi connectivity index (χ0n) is 12.4. The lowest BCUT2D eigenvalue weighted by molar-refractivity contribution is -0.140. The van der Waals surface area contributed by atoms with Crippen LogP contribution in [0.3, 0.4) is 0 Å². The fourth-order valence-electron chi connectivity index (χ4n) is 3.24. The molecular weight excluding hydrogens is 346 g/mol. The molecule has 118 valence electrons. The number of carbonyl (C=O) groups is 2. The van der Waals surface area contributed by atoms with E-state index in [9.17, 15) is 9.59 Å². The Bertz CT molecular complexity index is 593. The first-order valence-electron chi connectivity index (χ1n) is 7.67. The molecule has 0 unspecified atom stereocenters. The number of anilines is 1. The highest BCUT2D eigenvalue weighted by atomic mass is 79.9. The molecule has 2 N–H and O–H groups in total. The summed E-state index contributed by atoms with van der Waals surface area (Å²) in [4.78, 5) is 28.7. The molecule has 1 aromatic rings. The minimum Gasteiger partial charge on any atom is -0.340 e. The average molecular weight is 366 g/mol. The van der Waals surface area contributed by atoms with E-state index in [1.807, 2.05) is 24.3 Å². The largest absolute Gasteiger partial charge is 0.340 e. The van der Waals surface area contributed by atoms with E-state index in [0.717, 1.165) is 23.0 Å². The maximum absolute atomic E-state index is 12.6. The number of carbonyl (C=O) groups excluding carboxylic acids is 2. The number of halogens is 1. The van der Waals surface area contributed by atoms with E-state index in [-0.39, 0.29) is 17.9 Å². The van der Waals surface area contributed by atoms with E-state index in [4.69, 9.17) is 5.73 Å². The Morgan fingerprint density at radius 1 is 1.27 bits per heavy atom. The van der Waals surface area contributed by atoms with Crippen LogP contribution < -0.4 is 10.6 Å². The number of likely N-dealkylation sites (tertiary alicyclic amines) is 1. The number of rotatable bonds is 2. The molecule has 0 saturated carbocycles. The van der Waals surface area contributed by atoms with Crippen LogP contribution in [0.2, 0.25) is 0 Å². The summed E-state index contributed by atoms with van der Waals surface area (Å²) in [5.41, 5.74) is 6.77. The van der Waals surface area contributed by atoms with Gasteiger partial charge in [-0.2, -0.15) is 0 Å². The summed E-state index contributed by atoms with van der Waals surface area (Å²) < 4.78 is 0.926. The van der Waals surface area contributed by atoms with Gasteiger partial charge in [-0.3, -0.25) is 9.59 Å². The third kappa shape index (κ3) is 3.03. The number of nitrogens with two attached hydrogens (primary N) is 1. The predicted octanol–water partition coefficient (Wildman–Crippen LogP) is 1.75. The van der Waals surface area contributed by atoms with Crippen LogP contribution in [0.1, 0.15) is 19.3 Å². The monoisotopic (exact) mass is 365 g/mol. The summed E-state index contributed by atoms with van der Waals surface area (Å²) in [5, 5.41) is 0. The number of hydrogen-bond donors (Lipinski definition) is 1. The molecule has 0 spiro atoms. The molecule has 2 saturated heterocycles. The van der Waals surface area contributed by atoms with Gasteiger partial charge >= 0.3 is 0 Å². The molecule has 2 aliphatic heterocycles. The summed E-state index contributed by atoms with van der Waals surface area (Å²) in [5.74, 6) is -0.704. The lowest BCUT2D eigenvalue weighted by Crippen LogP contribution is -2.49. The van der Waals surface area contributed by atoms with Crippen molar-refractivity contribution >= 4 is 33.4 Å². The number of piperidine rings is 1. The molecule has 5 nitrogen and oxygen atoms in total. The maximum atomic E-state index is 12.6. The highest BCUT2D eigenvalue weighted by Crippen LogP contribution is 2.29. The van der Waals surface area contributed by atoms with Gasteiger partial charge in [-0.05, 0) is 37.5 Å². The maximum Gasteiger partial charge on any atom is 0.239 e. The van der Waals surface area contributed by atoms with Gasteiger partial charge in [0.25, 0.3) is 0 Å². The van der Waals surface area contributed by atoms with Crippen LogP contribution in [-0.4, -0.2) is 42.4 Å². The molecule has 0 aromatic heterocycles. The molecule has 2 atom stereocenters. The van der Waals surface area contributed by atoms with Crippen LogP contribution in [0.5, 0.6) is 0 Å². The smallest absolute Gasteiger partial charge is 0.239 e. The van der Waals surface area contributed by atoms with Gasteiger partial charge in [-0.25, -0.2) is 0 Å². The number of benzene rings is 1. The molecule has 6 heteroatoms. The molecule has 2 amide bonds. The second kappa shape index (κ2) is 6.38. The molecule has 1 aromatic carbocycles. The van der Waals surface area contributed by atoms with Crippen molar-refractivity contribution in [2.24, 2.45) is 11.7 Å². The third-order valence-electron chi connectivity index (χ3n) is 4.39. The van der Waals surface area contributed by atoms with Crippen molar-refractivity contribution in [1.82, 2.24) is 4.90 Å². The summed E-state index contributed by atoms with van der Waals surface area (Å²) in [6.07, 6.45) is 2.45. The topological polar surface area (TPSA) is 66.6 Å². The fraction of sp³-hybridized carbons (Fsp3) is 0.500. The van der Waals surface area contributed by atoms with E-state index in [1.165, 1.54) is 0 Å². The third-order valence-corrected chi connectivity index (χ3v) is 4.89. The first-order chi connectivity index (χ1) is 10.6. The standard InChI is InChI=1S/C16H20BrN3O2/c17-11-3-1-5-13(9-11)20-8-6-14(16(20)22)15(21)19-7-2-4-12(18)10-19/h1,3,5,9,12,14H,2,4,6-8,10,18H2/t12-,14-/m1/s1. The highest BCUT2D eigenvalue weighted by molar-refractivity contribution is 9.10. The van der Waals surface area contributed by atoms with Crippen LogP contribution in [0, 0.1) is 5.92 Å². The van der Waals surface area contributed by atoms with Crippen molar-refractivity contribution in [1.29, 1.82) is 0 Å². The van der Waals surface area contributed by atoms with Crippen LogP contribution in [0.15, 0.2) is 28.7 Å². The van der Waals surface area contributed by atoms with Gasteiger partial charge < -0.3 is 15.5 Å². The first-order valence-corrected chi connectivity index (χ1v) is 8.47. The molecular formula is C16H20BrN3O2. The lowest BCUT2D eigenvalue weighted by Gasteiger charge is -2.32. The lowest BCUT2D eigenvalue weighted by atomic mass is 10.0. The highest BCUT2D eigenvalue weighted by Gasteiger charge is 2.40. The van der Waals surface area contributed by atoms with Crippen molar-refractivity contribution < 1.29 is 9.59 Å². The van der Waals surface area contributed by atoms with Gasteiger partial charge in [-0.1, -0.05) is 22.0 Å². The van der Waals surface area contributed by atoms with E-state index >= 15 is 0 Å². The van der Waals surface area contributed by atoms with Crippen molar-refractivity contribution in [3.63, 3.8) is 0 Å². The zero-order chi connectivity index (χ0) is 15.7. The summed E-state index contributed by atoms with van der Waals surface area (Å²) in [6.45, 7) is 1.87. The second-order valence-corrected chi connectivity index (χ2v) is 6.91. The minimum absolute atomic E-state index is 0.0374. The Morgan fingerprint density at radius 3 is 2.82 bits per heavy atom. The van der Waals surface area contributed by atoms with E-state index in [0.29, 0.717) is 26.1 Å². The van der Waals surface area contributed by atoms with Crippen LogP contribution in [0.25, 0.3) is 0 Å². The van der Waals surface area contributed by atoms with Crippen molar-refractivity contribution in [3.8, 4) is 0 Å². The molecule has 0 radical (unpaired) electrons. The quantitative estimate of drug-likeness (QED) is 0.811. The number of nitrogens with zero attached hydrogens (tertiary/aromatic N) is 2. The summed E-state index contributed by atoms with van der Waals surface area (Å²) in [6, 6.07) is 7.65. The zero-order valence-corrected chi connectivity index (χ0v) is 14.0. The van der Waals surface area contributed by atoms with Crippen LogP contribution >= 0.6 is 15.9 Å². The van der Waals surface area contributed by atoms with Gasteiger partial charge in [0.2, 0.25) is 11.8 Å². The SMILES string of the molecule is N[C@@H]1CCCN(C(=O)[C@H]2CCN(c3cccc(Br)c3)C2=O)C1. The van der Waals surface area contributed by atoms with E-state index in [1.54, 1.807) is 9.80 Å². The van der Waals surface area contributed by atoms with E-state index in [2.05, 4.69) is 15.9 Å². The van der Waals surface area contributed by atoms with Gasteiger partial charge in [0.15, 0.2) is 0 Å². The van der Waals surface area contributed by atoms with Gasteiger partial charge in [0.05, 0.1) is 0 Å². The molecule has 0 aliphatic carbocycles. The van der Waals surface area contributed by atoms with Gasteiger partial charge in [-0.15, -0.1) is 0 Å². The molecule has 0 bridgehead atoms. The second-order valence-electron chi connectivity index (χ2n) is 6.00.